The maximum Gasteiger partial charge on any atom is 0.472 e. The lowest BCUT2D eigenvalue weighted by Crippen LogP contribution is -2.41. The van der Waals surface area contributed by atoms with E-state index >= 15 is 0 Å². The van der Waals surface area contributed by atoms with Gasteiger partial charge in [-0.05, 0) is 13.3 Å². The van der Waals surface area contributed by atoms with Gasteiger partial charge in [0.25, 0.3) is 0 Å². The minimum absolute atomic E-state index is 0.118. The highest BCUT2D eigenvalue weighted by Gasteiger charge is 2.29. The van der Waals surface area contributed by atoms with Crippen LogP contribution in [0.3, 0.4) is 0 Å². The molecular weight excluding hydrogens is 481 g/mol. The molecule has 0 aromatic rings. The van der Waals surface area contributed by atoms with Crippen LogP contribution >= 0.6 is 7.82 Å². The fourth-order valence-corrected chi connectivity index (χ4v) is 5.14. The Labute approximate surface area is 221 Å². The zero-order chi connectivity index (χ0) is 27.3. The van der Waals surface area contributed by atoms with E-state index in [9.17, 15) is 14.3 Å². The van der Waals surface area contributed by atoms with E-state index in [0.29, 0.717) is 17.6 Å². The molecule has 0 saturated heterocycles. The molecule has 1 N–H and O–H groups in total. The van der Waals surface area contributed by atoms with Crippen LogP contribution in [0.5, 0.6) is 0 Å². The molecule has 0 saturated carbocycles. The van der Waals surface area contributed by atoms with Gasteiger partial charge in [-0.3, -0.25) is 13.8 Å². The molecule has 9 heteroatoms. The number of ether oxygens (including phenoxy) is 2. The van der Waals surface area contributed by atoms with E-state index in [1.165, 1.54) is 84.0 Å². The Morgan fingerprint density at radius 2 is 1.31 bits per heavy atom. The lowest BCUT2D eigenvalue weighted by atomic mass is 10.0. The van der Waals surface area contributed by atoms with Gasteiger partial charge in [0.2, 0.25) is 0 Å². The number of nitrogens with zero attached hydrogens (tertiary/aromatic N) is 1. The molecular formula is C27H57NO7P+. The number of hydrogen-bond donors (Lipinski definition) is 1. The molecule has 0 aliphatic heterocycles. The standard InChI is InChI=1S/C27H56NO7P/c1-7-8-9-10-11-12-13-14-15-16-17-18-19-20-21-32-23-27(34-26(3)29)24-33-36(30,31)35-25(2)22-28(4,5)6/h25,27H,7-24H2,1-6H3/p+1. The van der Waals surface area contributed by atoms with E-state index in [0.717, 1.165) is 12.8 Å². The molecule has 36 heavy (non-hydrogen) atoms. The second kappa shape index (κ2) is 21.4. The third-order valence-corrected chi connectivity index (χ3v) is 6.92. The molecule has 0 bridgehead atoms. The Morgan fingerprint density at radius 3 is 1.75 bits per heavy atom. The smallest absolute Gasteiger partial charge is 0.458 e. The van der Waals surface area contributed by atoms with Crippen LogP contribution in [0.2, 0.25) is 0 Å². The van der Waals surface area contributed by atoms with E-state index in [1.54, 1.807) is 6.92 Å². The van der Waals surface area contributed by atoms with Crippen molar-refractivity contribution < 1.29 is 37.3 Å². The van der Waals surface area contributed by atoms with Crippen LogP contribution in [0.1, 0.15) is 111 Å². The lowest BCUT2D eigenvalue weighted by molar-refractivity contribution is -0.873. The zero-order valence-corrected chi connectivity index (χ0v) is 25.1. The van der Waals surface area contributed by atoms with E-state index in [1.807, 2.05) is 21.1 Å². The summed E-state index contributed by atoms with van der Waals surface area (Å²) in [5.74, 6) is -0.490. The van der Waals surface area contributed by atoms with Gasteiger partial charge in [-0.25, -0.2) is 4.57 Å². The molecule has 0 rings (SSSR count). The molecule has 0 aliphatic rings. The maximum absolute atomic E-state index is 12.2. The number of hydrogen-bond acceptors (Lipinski definition) is 6. The van der Waals surface area contributed by atoms with E-state index in [-0.39, 0.29) is 13.2 Å². The fraction of sp³-hybridized carbons (Fsp3) is 0.963. The van der Waals surface area contributed by atoms with E-state index < -0.39 is 26.0 Å². The Bertz CT molecular complexity index is 583. The third kappa shape index (κ3) is 25.2. The molecule has 0 fully saturated rings. The number of carbonyl (C=O) groups is 1. The predicted octanol–water partition coefficient (Wildman–Crippen LogP) is 6.64. The summed E-state index contributed by atoms with van der Waals surface area (Å²) in [5.41, 5.74) is 0. The molecule has 0 aliphatic carbocycles. The van der Waals surface area contributed by atoms with Crippen molar-refractivity contribution in [2.45, 2.75) is 123 Å². The van der Waals surface area contributed by atoms with Crippen molar-refractivity contribution in [2.24, 2.45) is 0 Å². The normalized spacial score (nSPS) is 15.4. The number of rotatable bonds is 25. The fourth-order valence-electron chi connectivity index (χ4n) is 4.20. The largest absolute Gasteiger partial charge is 0.472 e. The number of phosphoric acid groups is 1. The quantitative estimate of drug-likeness (QED) is 0.0602. The van der Waals surface area contributed by atoms with Gasteiger partial charge in [-0.1, -0.05) is 90.4 Å². The molecule has 0 aromatic carbocycles. The lowest BCUT2D eigenvalue weighted by Gasteiger charge is -2.28. The summed E-state index contributed by atoms with van der Waals surface area (Å²) in [6.07, 6.45) is 16.9. The van der Waals surface area contributed by atoms with E-state index in [4.69, 9.17) is 18.5 Å². The summed E-state index contributed by atoms with van der Waals surface area (Å²) in [4.78, 5) is 21.4. The predicted molar refractivity (Wildman–Crippen MR) is 146 cm³/mol. The number of esters is 1. The van der Waals surface area contributed by atoms with Gasteiger partial charge in [-0.2, -0.15) is 0 Å². The van der Waals surface area contributed by atoms with E-state index in [2.05, 4.69) is 6.92 Å². The topological polar surface area (TPSA) is 91.3 Å². The summed E-state index contributed by atoms with van der Waals surface area (Å²) in [5, 5.41) is 0. The van der Waals surface area contributed by atoms with Gasteiger partial charge in [0.15, 0.2) is 0 Å². The monoisotopic (exact) mass is 538 g/mol. The van der Waals surface area contributed by atoms with Crippen LogP contribution < -0.4 is 0 Å². The second-order valence-corrected chi connectivity index (χ2v) is 12.5. The minimum atomic E-state index is -4.26. The average molecular weight is 539 g/mol. The number of phosphoric ester groups is 1. The van der Waals surface area contributed by atoms with Gasteiger partial charge < -0.3 is 18.9 Å². The van der Waals surface area contributed by atoms with Gasteiger partial charge in [-0.15, -0.1) is 0 Å². The highest BCUT2D eigenvalue weighted by molar-refractivity contribution is 7.47. The van der Waals surface area contributed by atoms with Gasteiger partial charge in [0.05, 0.1) is 34.4 Å². The van der Waals surface area contributed by atoms with Crippen molar-refractivity contribution in [3.63, 3.8) is 0 Å². The molecule has 216 valence electrons. The molecule has 3 atom stereocenters. The van der Waals surface area contributed by atoms with Crippen LogP contribution in [0.4, 0.5) is 0 Å². The Kier molecular flexibility index (Phi) is 21.1. The molecule has 0 spiro atoms. The van der Waals surface area contributed by atoms with Crippen LogP contribution in [0, 0.1) is 0 Å². The van der Waals surface area contributed by atoms with Crippen LogP contribution in [-0.4, -0.2) is 75.1 Å². The average Bonchev–Trinajstić information content (AvgIpc) is 2.75. The van der Waals surface area contributed by atoms with Gasteiger partial charge in [0.1, 0.15) is 18.8 Å². The molecule has 0 heterocycles. The van der Waals surface area contributed by atoms with Crippen molar-refractivity contribution in [3.8, 4) is 0 Å². The van der Waals surface area contributed by atoms with Crippen LogP contribution in [-0.2, 0) is 27.9 Å². The van der Waals surface area contributed by atoms with Crippen molar-refractivity contribution in [1.82, 2.24) is 0 Å². The van der Waals surface area contributed by atoms with Crippen molar-refractivity contribution >= 4 is 13.8 Å². The molecule has 0 amide bonds. The van der Waals surface area contributed by atoms with Gasteiger partial charge >= 0.3 is 13.8 Å². The van der Waals surface area contributed by atoms with Crippen LogP contribution in [0.15, 0.2) is 0 Å². The molecule has 8 nitrogen and oxygen atoms in total. The summed E-state index contributed by atoms with van der Waals surface area (Å²) in [6.45, 7) is 6.23. The summed E-state index contributed by atoms with van der Waals surface area (Å²) in [6, 6.07) is 0. The number of likely N-dealkylation sites (N-methyl/N-ethyl adjacent to an activating group) is 1. The van der Waals surface area contributed by atoms with Crippen LogP contribution in [0.25, 0.3) is 0 Å². The van der Waals surface area contributed by atoms with Crippen molar-refractivity contribution in [1.29, 1.82) is 0 Å². The van der Waals surface area contributed by atoms with Crippen molar-refractivity contribution in [2.75, 3.05) is 47.5 Å². The Hall–Kier alpha value is -0.500. The van der Waals surface area contributed by atoms with Gasteiger partial charge in [0, 0.05) is 13.5 Å². The first-order valence-corrected chi connectivity index (χ1v) is 15.7. The number of carbonyl (C=O) groups excluding carboxylic acids is 1. The maximum atomic E-state index is 12.2. The highest BCUT2D eigenvalue weighted by Crippen LogP contribution is 2.44. The Balaban J connectivity index is 3.88. The third-order valence-electron chi connectivity index (χ3n) is 5.82. The molecule has 0 aromatic heterocycles. The first-order chi connectivity index (χ1) is 16.9. The highest BCUT2D eigenvalue weighted by atomic mass is 31.2. The molecule has 3 unspecified atom stereocenters. The SMILES string of the molecule is CCCCCCCCCCCCCCCCOCC(COP(=O)(O)OC(C)C[N+](C)(C)C)OC(C)=O. The molecule has 0 radical (unpaired) electrons. The Morgan fingerprint density at radius 1 is 0.833 bits per heavy atom. The van der Waals surface area contributed by atoms with Crippen molar-refractivity contribution in [3.05, 3.63) is 0 Å². The summed E-state index contributed by atoms with van der Waals surface area (Å²) >= 11 is 0. The second-order valence-electron chi connectivity index (χ2n) is 11.1. The summed E-state index contributed by atoms with van der Waals surface area (Å²) < 4.78 is 33.9. The summed E-state index contributed by atoms with van der Waals surface area (Å²) in [7, 11) is 1.64. The number of unbranched alkanes of at least 4 members (excludes halogenated alkanes) is 13. The minimum Gasteiger partial charge on any atom is -0.458 e. The number of quaternary nitrogens is 1. The zero-order valence-electron chi connectivity index (χ0n) is 24.2. The first-order valence-electron chi connectivity index (χ1n) is 14.2. The first kappa shape index (κ1) is 35.5.